The Balaban J connectivity index is 1.58. The Morgan fingerprint density at radius 3 is 2.39 bits per heavy atom. The molecule has 1 saturated heterocycles. The van der Waals surface area contributed by atoms with E-state index in [1.165, 1.54) is 0 Å². The number of carbonyl (C=O) groups excluding carboxylic acids is 2. The number of urea groups is 1. The third-order valence-electron chi connectivity index (χ3n) is 4.09. The first kappa shape index (κ1) is 17.8. The van der Waals surface area contributed by atoms with E-state index in [-0.39, 0.29) is 5.70 Å². The maximum absolute atomic E-state index is 12.7. The molecule has 3 aromatic rings. The lowest BCUT2D eigenvalue weighted by atomic mass is 10.1. The Labute approximate surface area is 166 Å². The first-order chi connectivity index (χ1) is 13.6. The van der Waals surface area contributed by atoms with E-state index in [4.69, 9.17) is 16.3 Å². The van der Waals surface area contributed by atoms with Gasteiger partial charge in [-0.25, -0.2) is 9.69 Å². The van der Waals surface area contributed by atoms with Gasteiger partial charge in [-0.1, -0.05) is 48.0 Å². The highest BCUT2D eigenvalue weighted by atomic mass is 35.5. The predicted octanol–water partition coefficient (Wildman–Crippen LogP) is 5.23. The molecule has 0 radical (unpaired) electrons. The van der Waals surface area contributed by atoms with Crippen molar-refractivity contribution in [2.75, 3.05) is 4.90 Å². The van der Waals surface area contributed by atoms with E-state index < -0.39 is 11.9 Å². The molecule has 1 N–H and O–H groups in total. The highest BCUT2D eigenvalue weighted by molar-refractivity contribution is 6.32. The summed E-state index contributed by atoms with van der Waals surface area (Å²) in [5.41, 5.74) is 1.33. The summed E-state index contributed by atoms with van der Waals surface area (Å²) in [7, 11) is 0. The lowest BCUT2D eigenvalue weighted by molar-refractivity contribution is -0.113. The van der Waals surface area contributed by atoms with Crippen LogP contribution in [0.1, 0.15) is 5.56 Å². The van der Waals surface area contributed by atoms with Crippen molar-refractivity contribution in [3.8, 4) is 11.5 Å². The number of hydrogen-bond donors (Lipinski definition) is 1. The van der Waals surface area contributed by atoms with Gasteiger partial charge in [-0.05, 0) is 54.1 Å². The standard InChI is InChI=1S/C22H15ClN2O3/c23-16-7-5-8-17(14-16)25-21(26)20(24-22(25)27)13-15-6-4-11-19(12-15)28-18-9-2-1-3-10-18/h1-14H,(H,24,27)/b20-13+. The average molecular weight is 391 g/mol. The monoisotopic (exact) mass is 390 g/mol. The fraction of sp³-hybridized carbons (Fsp3) is 0. The molecule has 0 spiro atoms. The Morgan fingerprint density at radius 1 is 0.857 bits per heavy atom. The summed E-state index contributed by atoms with van der Waals surface area (Å²) in [6.45, 7) is 0. The molecule has 3 aromatic carbocycles. The van der Waals surface area contributed by atoms with Crippen molar-refractivity contribution in [2.45, 2.75) is 0 Å². The van der Waals surface area contributed by atoms with Crippen molar-refractivity contribution >= 4 is 35.3 Å². The number of imide groups is 1. The van der Waals surface area contributed by atoms with Crippen LogP contribution in [0.3, 0.4) is 0 Å². The number of anilines is 1. The molecule has 5 nitrogen and oxygen atoms in total. The van der Waals surface area contributed by atoms with Crippen LogP contribution < -0.4 is 15.0 Å². The van der Waals surface area contributed by atoms with Gasteiger partial charge < -0.3 is 10.1 Å². The number of hydrogen-bond acceptors (Lipinski definition) is 3. The molecule has 1 aliphatic rings. The molecular weight excluding hydrogens is 376 g/mol. The van der Waals surface area contributed by atoms with Gasteiger partial charge in [0.1, 0.15) is 17.2 Å². The molecule has 6 heteroatoms. The second kappa shape index (κ2) is 7.58. The zero-order chi connectivity index (χ0) is 19.5. The Morgan fingerprint density at radius 2 is 1.61 bits per heavy atom. The van der Waals surface area contributed by atoms with Gasteiger partial charge in [0.25, 0.3) is 5.91 Å². The second-order valence-electron chi connectivity index (χ2n) is 6.10. The van der Waals surface area contributed by atoms with Gasteiger partial charge in [0.2, 0.25) is 0 Å². The summed E-state index contributed by atoms with van der Waals surface area (Å²) in [6, 6.07) is 22.7. The zero-order valence-electron chi connectivity index (χ0n) is 14.6. The first-order valence-electron chi connectivity index (χ1n) is 8.56. The van der Waals surface area contributed by atoms with Crippen LogP contribution in [0.5, 0.6) is 11.5 Å². The van der Waals surface area contributed by atoms with Crippen LogP contribution >= 0.6 is 11.6 Å². The molecule has 0 aliphatic carbocycles. The van der Waals surface area contributed by atoms with Crippen molar-refractivity contribution in [1.82, 2.24) is 5.32 Å². The molecular formula is C22H15ClN2O3. The maximum Gasteiger partial charge on any atom is 0.333 e. The molecule has 28 heavy (non-hydrogen) atoms. The van der Waals surface area contributed by atoms with Gasteiger partial charge in [-0.2, -0.15) is 0 Å². The van der Waals surface area contributed by atoms with E-state index >= 15 is 0 Å². The topological polar surface area (TPSA) is 58.6 Å². The Bertz CT molecular complexity index is 1080. The fourth-order valence-electron chi connectivity index (χ4n) is 2.84. The molecule has 1 heterocycles. The fourth-order valence-corrected chi connectivity index (χ4v) is 3.03. The van der Waals surface area contributed by atoms with Crippen molar-refractivity contribution in [1.29, 1.82) is 0 Å². The summed E-state index contributed by atoms with van der Waals surface area (Å²) in [5.74, 6) is 0.898. The number of rotatable bonds is 4. The normalized spacial score (nSPS) is 15.0. The number of benzene rings is 3. The van der Waals surface area contributed by atoms with Crippen molar-refractivity contribution in [3.05, 3.63) is 95.1 Å². The molecule has 3 amide bonds. The number of nitrogens with zero attached hydrogens (tertiary/aromatic N) is 1. The number of ether oxygens (including phenoxy) is 1. The molecule has 138 valence electrons. The van der Waals surface area contributed by atoms with E-state index in [2.05, 4.69) is 5.32 Å². The predicted molar refractivity (Wildman–Crippen MR) is 108 cm³/mol. The molecule has 0 unspecified atom stereocenters. The van der Waals surface area contributed by atoms with Gasteiger partial charge in [0.05, 0.1) is 5.69 Å². The smallest absolute Gasteiger partial charge is 0.333 e. The lowest BCUT2D eigenvalue weighted by Gasteiger charge is -2.11. The summed E-state index contributed by atoms with van der Waals surface area (Å²) in [6.07, 6.45) is 1.61. The van der Waals surface area contributed by atoms with Crippen molar-refractivity contribution in [3.63, 3.8) is 0 Å². The average Bonchev–Trinajstić information content (AvgIpc) is 2.96. The molecule has 1 aliphatic heterocycles. The highest BCUT2D eigenvalue weighted by Gasteiger charge is 2.34. The summed E-state index contributed by atoms with van der Waals surface area (Å²) < 4.78 is 5.81. The number of amides is 3. The molecule has 0 atom stereocenters. The minimum Gasteiger partial charge on any atom is -0.457 e. The Kier molecular flexibility index (Phi) is 4.83. The highest BCUT2D eigenvalue weighted by Crippen LogP contribution is 2.26. The van der Waals surface area contributed by atoms with Crippen LogP contribution in [0.25, 0.3) is 6.08 Å². The summed E-state index contributed by atoms with van der Waals surface area (Å²) in [4.78, 5) is 26.1. The lowest BCUT2D eigenvalue weighted by Crippen LogP contribution is -2.30. The van der Waals surface area contributed by atoms with E-state index in [1.807, 2.05) is 48.5 Å². The SMILES string of the molecule is O=C1N/C(=C/c2cccc(Oc3ccccc3)c2)C(=O)N1c1cccc(Cl)c1. The van der Waals surface area contributed by atoms with Gasteiger partial charge >= 0.3 is 6.03 Å². The van der Waals surface area contributed by atoms with Crippen LogP contribution in [0.4, 0.5) is 10.5 Å². The third-order valence-corrected chi connectivity index (χ3v) is 4.33. The summed E-state index contributed by atoms with van der Waals surface area (Å²) in [5, 5.41) is 3.05. The van der Waals surface area contributed by atoms with E-state index in [9.17, 15) is 9.59 Å². The van der Waals surface area contributed by atoms with Gasteiger partial charge in [-0.15, -0.1) is 0 Å². The van der Waals surface area contributed by atoms with Gasteiger partial charge in [0.15, 0.2) is 0 Å². The third kappa shape index (κ3) is 3.75. The molecule has 0 saturated carbocycles. The van der Waals surface area contributed by atoms with E-state index in [0.29, 0.717) is 22.2 Å². The zero-order valence-corrected chi connectivity index (χ0v) is 15.4. The van der Waals surface area contributed by atoms with Crippen LogP contribution in [-0.4, -0.2) is 11.9 Å². The largest absolute Gasteiger partial charge is 0.457 e. The van der Waals surface area contributed by atoms with Crippen molar-refractivity contribution < 1.29 is 14.3 Å². The molecule has 4 rings (SSSR count). The van der Waals surface area contributed by atoms with E-state index in [0.717, 1.165) is 10.5 Å². The van der Waals surface area contributed by atoms with Crippen LogP contribution in [0, 0.1) is 0 Å². The quantitative estimate of drug-likeness (QED) is 0.490. The molecule has 0 aromatic heterocycles. The van der Waals surface area contributed by atoms with Gasteiger partial charge in [-0.3, -0.25) is 4.79 Å². The second-order valence-corrected chi connectivity index (χ2v) is 6.53. The molecule has 1 fully saturated rings. The number of halogens is 1. The molecule has 0 bridgehead atoms. The van der Waals surface area contributed by atoms with Gasteiger partial charge in [0, 0.05) is 5.02 Å². The van der Waals surface area contributed by atoms with Crippen molar-refractivity contribution in [2.24, 2.45) is 0 Å². The minimum absolute atomic E-state index is 0.182. The van der Waals surface area contributed by atoms with Crippen LogP contribution in [0.2, 0.25) is 5.02 Å². The van der Waals surface area contributed by atoms with E-state index in [1.54, 1.807) is 36.4 Å². The number of carbonyl (C=O) groups is 2. The first-order valence-corrected chi connectivity index (χ1v) is 8.94. The van der Waals surface area contributed by atoms with Crippen LogP contribution in [-0.2, 0) is 4.79 Å². The van der Waals surface area contributed by atoms with Crippen LogP contribution in [0.15, 0.2) is 84.6 Å². The number of nitrogens with one attached hydrogen (secondary N) is 1. The number of para-hydroxylation sites is 1. The minimum atomic E-state index is -0.518. The summed E-state index contributed by atoms with van der Waals surface area (Å²) >= 11 is 5.97. The Hall–Kier alpha value is -3.57. The maximum atomic E-state index is 12.7.